The molecule has 148 valence electrons. The van der Waals surface area contributed by atoms with Crippen molar-refractivity contribution in [3.05, 3.63) is 48.3 Å². The Morgan fingerprint density at radius 2 is 1.75 bits per heavy atom. The lowest BCUT2D eigenvalue weighted by Crippen LogP contribution is -2.51. The fourth-order valence-corrected chi connectivity index (χ4v) is 3.71. The summed E-state index contributed by atoms with van der Waals surface area (Å²) in [5.74, 6) is 0.921. The van der Waals surface area contributed by atoms with Gasteiger partial charge in [0.15, 0.2) is 0 Å². The second-order valence-corrected chi connectivity index (χ2v) is 8.06. The Hall–Kier alpha value is -2.61. The Bertz CT molecular complexity index is 792. The Labute approximate surface area is 169 Å². The minimum atomic E-state index is -0.261. The van der Waals surface area contributed by atoms with Crippen LogP contribution in [0.4, 0.5) is 11.6 Å². The normalized spacial score (nSPS) is 15.2. The van der Waals surface area contributed by atoms with Crippen molar-refractivity contribution < 1.29 is 9.59 Å². The van der Waals surface area contributed by atoms with E-state index < -0.39 is 0 Å². The van der Waals surface area contributed by atoms with Crippen LogP contribution in [-0.2, 0) is 9.59 Å². The smallest absolute Gasteiger partial charge is 0.235 e. The van der Waals surface area contributed by atoms with E-state index in [9.17, 15) is 9.59 Å². The maximum atomic E-state index is 12.7. The SMILES string of the molecule is Cc1ccc(NC(=O)CS[C@H](C)C(=O)N2CCN(c3ncccn3)CC2)cc1. The number of thioether (sulfide) groups is 1. The van der Waals surface area contributed by atoms with Crippen molar-refractivity contribution in [1.82, 2.24) is 14.9 Å². The van der Waals surface area contributed by atoms with Gasteiger partial charge in [0.2, 0.25) is 17.8 Å². The molecule has 28 heavy (non-hydrogen) atoms. The van der Waals surface area contributed by atoms with Crippen LogP contribution < -0.4 is 10.2 Å². The van der Waals surface area contributed by atoms with Crippen molar-refractivity contribution in [2.24, 2.45) is 0 Å². The van der Waals surface area contributed by atoms with Crippen LogP contribution in [0.1, 0.15) is 12.5 Å². The molecule has 0 aliphatic carbocycles. The third-order valence-electron chi connectivity index (χ3n) is 4.57. The van der Waals surface area contributed by atoms with Crippen molar-refractivity contribution in [1.29, 1.82) is 0 Å². The van der Waals surface area contributed by atoms with E-state index in [-0.39, 0.29) is 22.8 Å². The summed E-state index contributed by atoms with van der Waals surface area (Å²) in [5, 5.41) is 2.60. The highest BCUT2D eigenvalue weighted by atomic mass is 32.2. The van der Waals surface area contributed by atoms with Crippen molar-refractivity contribution in [3.8, 4) is 0 Å². The second kappa shape index (κ2) is 9.54. The van der Waals surface area contributed by atoms with Gasteiger partial charge in [-0.3, -0.25) is 9.59 Å². The summed E-state index contributed by atoms with van der Waals surface area (Å²) in [6, 6.07) is 9.45. The molecule has 1 aliphatic rings. The molecule has 7 nitrogen and oxygen atoms in total. The molecule has 1 fully saturated rings. The summed E-state index contributed by atoms with van der Waals surface area (Å²) in [4.78, 5) is 37.2. The lowest BCUT2D eigenvalue weighted by atomic mass is 10.2. The van der Waals surface area contributed by atoms with Gasteiger partial charge in [0.25, 0.3) is 0 Å². The summed E-state index contributed by atoms with van der Waals surface area (Å²) >= 11 is 1.36. The summed E-state index contributed by atoms with van der Waals surface area (Å²) in [6.07, 6.45) is 3.44. The van der Waals surface area contributed by atoms with Crippen LogP contribution in [0.3, 0.4) is 0 Å². The van der Waals surface area contributed by atoms with E-state index in [2.05, 4.69) is 20.2 Å². The monoisotopic (exact) mass is 399 g/mol. The number of hydrogen-bond donors (Lipinski definition) is 1. The third-order valence-corrected chi connectivity index (χ3v) is 5.70. The predicted molar refractivity (Wildman–Crippen MR) is 113 cm³/mol. The molecule has 2 heterocycles. The lowest BCUT2D eigenvalue weighted by molar-refractivity contribution is -0.130. The Morgan fingerprint density at radius 1 is 1.11 bits per heavy atom. The molecule has 1 atom stereocenters. The fourth-order valence-electron chi connectivity index (χ4n) is 2.94. The van der Waals surface area contributed by atoms with E-state index in [0.717, 1.165) is 11.3 Å². The van der Waals surface area contributed by atoms with Crippen LogP contribution in [0.5, 0.6) is 0 Å². The van der Waals surface area contributed by atoms with Gasteiger partial charge in [0.1, 0.15) is 0 Å². The number of aryl methyl sites for hydroxylation is 1. The number of benzene rings is 1. The Kier molecular flexibility index (Phi) is 6.86. The first-order valence-corrected chi connectivity index (χ1v) is 10.4. The molecular formula is C20H25N5O2S. The molecule has 3 rings (SSSR count). The van der Waals surface area contributed by atoms with E-state index in [4.69, 9.17) is 0 Å². The number of nitrogens with one attached hydrogen (secondary N) is 1. The fraction of sp³-hybridized carbons (Fsp3) is 0.400. The Morgan fingerprint density at radius 3 is 2.39 bits per heavy atom. The van der Waals surface area contributed by atoms with Crippen LogP contribution in [0.25, 0.3) is 0 Å². The summed E-state index contributed by atoms with van der Waals surface area (Å²) in [7, 11) is 0. The van der Waals surface area contributed by atoms with Gasteiger partial charge in [-0.15, -0.1) is 11.8 Å². The maximum absolute atomic E-state index is 12.7. The van der Waals surface area contributed by atoms with Gasteiger partial charge >= 0.3 is 0 Å². The van der Waals surface area contributed by atoms with Crippen LogP contribution in [0, 0.1) is 6.92 Å². The summed E-state index contributed by atoms with van der Waals surface area (Å²) in [5.41, 5.74) is 1.92. The summed E-state index contributed by atoms with van der Waals surface area (Å²) < 4.78 is 0. The van der Waals surface area contributed by atoms with Crippen molar-refractivity contribution >= 4 is 35.2 Å². The predicted octanol–water partition coefficient (Wildman–Crippen LogP) is 2.19. The topological polar surface area (TPSA) is 78.4 Å². The van der Waals surface area contributed by atoms with E-state index >= 15 is 0 Å². The number of rotatable bonds is 6. The zero-order valence-electron chi connectivity index (χ0n) is 16.2. The quantitative estimate of drug-likeness (QED) is 0.802. The molecule has 1 aromatic heterocycles. The minimum Gasteiger partial charge on any atom is -0.338 e. The number of carbonyl (C=O) groups is 2. The van der Waals surface area contributed by atoms with Gasteiger partial charge in [0, 0.05) is 44.3 Å². The molecule has 2 aromatic rings. The number of nitrogens with zero attached hydrogens (tertiary/aromatic N) is 4. The molecule has 1 saturated heterocycles. The molecule has 0 bridgehead atoms. The number of hydrogen-bond acceptors (Lipinski definition) is 6. The highest BCUT2D eigenvalue weighted by Gasteiger charge is 2.26. The second-order valence-electron chi connectivity index (χ2n) is 6.73. The van der Waals surface area contributed by atoms with Gasteiger partial charge in [-0.05, 0) is 32.0 Å². The van der Waals surface area contributed by atoms with Crippen molar-refractivity contribution in [2.45, 2.75) is 19.1 Å². The zero-order valence-corrected chi connectivity index (χ0v) is 17.0. The average Bonchev–Trinajstić information content (AvgIpc) is 2.74. The van der Waals surface area contributed by atoms with Crippen molar-refractivity contribution in [2.75, 3.05) is 42.1 Å². The van der Waals surface area contributed by atoms with Gasteiger partial charge in [-0.2, -0.15) is 0 Å². The highest BCUT2D eigenvalue weighted by Crippen LogP contribution is 2.17. The number of piperazine rings is 1. The molecule has 0 spiro atoms. The van der Waals surface area contributed by atoms with Crippen LogP contribution >= 0.6 is 11.8 Å². The minimum absolute atomic E-state index is 0.0711. The molecule has 1 N–H and O–H groups in total. The molecule has 0 unspecified atom stereocenters. The number of amides is 2. The first-order valence-electron chi connectivity index (χ1n) is 9.32. The Balaban J connectivity index is 1.42. The van der Waals surface area contributed by atoms with E-state index in [1.54, 1.807) is 18.5 Å². The van der Waals surface area contributed by atoms with Gasteiger partial charge < -0.3 is 15.1 Å². The zero-order chi connectivity index (χ0) is 19.9. The molecule has 1 aromatic carbocycles. The summed E-state index contributed by atoms with van der Waals surface area (Å²) in [6.45, 7) is 6.55. The van der Waals surface area contributed by atoms with E-state index in [1.807, 2.05) is 43.0 Å². The molecule has 2 amide bonds. The van der Waals surface area contributed by atoms with Crippen LogP contribution in [-0.4, -0.2) is 63.9 Å². The first-order chi connectivity index (χ1) is 13.5. The third kappa shape index (κ3) is 5.45. The molecular weight excluding hydrogens is 374 g/mol. The lowest BCUT2D eigenvalue weighted by Gasteiger charge is -2.35. The van der Waals surface area contributed by atoms with Gasteiger partial charge in [-0.25, -0.2) is 9.97 Å². The number of anilines is 2. The largest absolute Gasteiger partial charge is 0.338 e. The maximum Gasteiger partial charge on any atom is 0.235 e. The van der Waals surface area contributed by atoms with Gasteiger partial charge in [-0.1, -0.05) is 17.7 Å². The highest BCUT2D eigenvalue weighted by molar-refractivity contribution is 8.01. The van der Waals surface area contributed by atoms with E-state index in [0.29, 0.717) is 32.1 Å². The number of aromatic nitrogens is 2. The number of carbonyl (C=O) groups excluding carboxylic acids is 2. The average molecular weight is 400 g/mol. The van der Waals surface area contributed by atoms with Crippen LogP contribution in [0.2, 0.25) is 0 Å². The molecule has 0 radical (unpaired) electrons. The molecule has 0 saturated carbocycles. The van der Waals surface area contributed by atoms with Gasteiger partial charge in [0.05, 0.1) is 11.0 Å². The van der Waals surface area contributed by atoms with E-state index in [1.165, 1.54) is 11.8 Å². The first kappa shape index (κ1) is 20.1. The molecule has 8 heteroatoms. The standard InChI is InChI=1S/C20H25N5O2S/c1-15-4-6-17(7-5-15)23-18(26)14-28-16(2)19(27)24-10-12-25(13-11-24)20-21-8-3-9-22-20/h3-9,16H,10-14H2,1-2H3,(H,23,26)/t16-/m1/s1. The van der Waals surface area contributed by atoms with Crippen molar-refractivity contribution in [3.63, 3.8) is 0 Å². The molecule has 1 aliphatic heterocycles. The van der Waals surface area contributed by atoms with Crippen LogP contribution in [0.15, 0.2) is 42.7 Å².